The number of aromatic amines is 2. The maximum absolute atomic E-state index is 13.2. The molecular formula is C30H28F4N6Na2O6. The Morgan fingerprint density at radius 1 is 0.625 bits per heavy atom. The van der Waals surface area contributed by atoms with E-state index < -0.39 is 23.8 Å². The first-order valence-electron chi connectivity index (χ1n) is 14.5. The number of rotatable bonds is 8. The zero-order chi connectivity index (χ0) is 32.9. The molecule has 0 bridgehead atoms. The summed E-state index contributed by atoms with van der Waals surface area (Å²) in [5.74, 6) is -7.43. The summed E-state index contributed by atoms with van der Waals surface area (Å²) in [6.07, 6.45) is 1.43. The van der Waals surface area contributed by atoms with Crippen LogP contribution in [0.3, 0.4) is 0 Å². The van der Waals surface area contributed by atoms with Gasteiger partial charge in [0.1, 0.15) is 22.9 Å². The quantitative estimate of drug-likeness (QED) is 0.163. The molecule has 2 N–H and O–H groups in total. The van der Waals surface area contributed by atoms with Crippen LogP contribution in [0.1, 0.15) is 95.3 Å². The van der Waals surface area contributed by atoms with Gasteiger partial charge in [-0.1, -0.05) is 44.9 Å². The Morgan fingerprint density at radius 3 is 1.23 bits per heavy atom. The Labute approximate surface area is 316 Å². The van der Waals surface area contributed by atoms with Crippen molar-refractivity contribution in [1.29, 1.82) is 0 Å². The summed E-state index contributed by atoms with van der Waals surface area (Å²) in [6.45, 7) is 0. The van der Waals surface area contributed by atoms with Gasteiger partial charge in [-0.3, -0.25) is 10.2 Å². The number of hydrogen-bond acceptors (Lipinski definition) is 10. The number of nitrogens with one attached hydrogen (secondary N) is 2. The van der Waals surface area contributed by atoms with Gasteiger partial charge in [0.05, 0.1) is 11.9 Å². The number of alkyl halides is 4. The van der Waals surface area contributed by atoms with Crippen molar-refractivity contribution in [3.05, 3.63) is 71.0 Å². The smallest absolute Gasteiger partial charge is 0.543 e. The van der Waals surface area contributed by atoms with Crippen LogP contribution in [0.25, 0.3) is 0 Å². The van der Waals surface area contributed by atoms with Crippen LogP contribution in [-0.4, -0.2) is 54.6 Å². The van der Waals surface area contributed by atoms with Crippen molar-refractivity contribution in [1.82, 2.24) is 30.8 Å². The molecule has 2 heterocycles. The van der Waals surface area contributed by atoms with E-state index in [-0.39, 0.29) is 120 Å². The van der Waals surface area contributed by atoms with Crippen LogP contribution in [0, 0.1) is 0 Å². The first-order chi connectivity index (χ1) is 21.9. The summed E-state index contributed by atoms with van der Waals surface area (Å²) >= 11 is 0. The zero-order valence-corrected chi connectivity index (χ0v) is 30.2. The van der Waals surface area contributed by atoms with Crippen LogP contribution in [0.5, 0.6) is 23.3 Å². The Hall–Kier alpha value is -3.02. The predicted octanol–water partition coefficient (Wildman–Crippen LogP) is -1.49. The standard InChI is InChI=1S/2C15H15F2N3O3.2Na/c2*16-15(17)7-5-10(6-8-15)9-1-3-11(4-2-9)23-13-12(14(21)22)18-20-19-13;;/h2*1-4,10H,5-8H2,(H,21,22)(H,18,19,20);;/q;;2*+1/p-2. The van der Waals surface area contributed by atoms with E-state index in [0.29, 0.717) is 37.2 Å². The van der Waals surface area contributed by atoms with Gasteiger partial charge in [-0.05, 0) is 72.9 Å². The van der Waals surface area contributed by atoms with Gasteiger partial charge in [0, 0.05) is 25.7 Å². The fourth-order valence-corrected chi connectivity index (χ4v) is 5.43. The number of carboxylic acids is 2. The molecule has 2 aliphatic rings. The number of aromatic carboxylic acids is 2. The molecule has 2 aliphatic carbocycles. The van der Waals surface area contributed by atoms with Crippen LogP contribution < -0.4 is 78.8 Å². The fraction of sp³-hybridized carbons (Fsp3) is 0.400. The van der Waals surface area contributed by atoms with Crippen molar-refractivity contribution < 1.29 is 106 Å². The summed E-state index contributed by atoms with van der Waals surface area (Å²) in [7, 11) is 0. The molecule has 0 amide bonds. The Balaban J connectivity index is 0.000000250. The summed E-state index contributed by atoms with van der Waals surface area (Å²) in [4.78, 5) is 21.6. The third kappa shape index (κ3) is 10.5. The summed E-state index contributed by atoms with van der Waals surface area (Å²) in [5, 5.41) is 39.8. The van der Waals surface area contributed by atoms with Gasteiger partial charge >= 0.3 is 59.1 Å². The average Bonchev–Trinajstić information content (AvgIpc) is 3.69. The minimum absolute atomic E-state index is 0. The van der Waals surface area contributed by atoms with Crippen molar-refractivity contribution >= 4 is 11.9 Å². The molecule has 0 atom stereocenters. The fourth-order valence-electron chi connectivity index (χ4n) is 5.43. The molecule has 0 unspecified atom stereocenters. The Bertz CT molecular complexity index is 1510. The van der Waals surface area contributed by atoms with Crippen LogP contribution in [0.15, 0.2) is 48.5 Å². The minimum Gasteiger partial charge on any atom is -0.543 e. The van der Waals surface area contributed by atoms with Crippen LogP contribution in [0.4, 0.5) is 17.6 Å². The van der Waals surface area contributed by atoms with Gasteiger partial charge in [0.25, 0.3) is 11.8 Å². The number of ether oxygens (including phenoxy) is 2. The normalized spacial score (nSPS) is 17.1. The molecule has 12 nitrogen and oxygen atoms in total. The number of halogens is 4. The van der Waals surface area contributed by atoms with E-state index >= 15 is 0 Å². The number of nitrogens with zero attached hydrogens (tertiary/aromatic N) is 4. The van der Waals surface area contributed by atoms with Gasteiger partial charge in [-0.25, -0.2) is 17.6 Å². The first-order valence-corrected chi connectivity index (χ1v) is 14.5. The van der Waals surface area contributed by atoms with Crippen LogP contribution >= 0.6 is 0 Å². The molecule has 2 fully saturated rings. The van der Waals surface area contributed by atoms with Crippen molar-refractivity contribution in [3.8, 4) is 23.3 Å². The molecule has 4 aromatic rings. The number of benzene rings is 2. The van der Waals surface area contributed by atoms with E-state index in [0.717, 1.165) is 11.1 Å². The topological polar surface area (TPSA) is 182 Å². The molecule has 244 valence electrons. The molecule has 0 radical (unpaired) electrons. The third-order valence-electron chi connectivity index (χ3n) is 8.01. The second-order valence-corrected chi connectivity index (χ2v) is 11.2. The second kappa shape index (κ2) is 17.1. The first kappa shape index (κ1) is 39.4. The molecular weight excluding hydrogens is 662 g/mol. The van der Waals surface area contributed by atoms with Crippen LogP contribution in [-0.2, 0) is 0 Å². The Morgan fingerprint density at radius 2 is 0.938 bits per heavy atom. The van der Waals surface area contributed by atoms with Gasteiger partial charge in [-0.15, -0.1) is 0 Å². The van der Waals surface area contributed by atoms with Crippen molar-refractivity contribution in [2.45, 2.75) is 75.0 Å². The van der Waals surface area contributed by atoms with Gasteiger partial charge in [0.2, 0.25) is 11.8 Å². The summed E-state index contributed by atoms with van der Waals surface area (Å²) in [6, 6.07) is 13.8. The SMILES string of the molecule is O=C([O-])c1[nH]nnc1Oc1ccc(C2CCC(F)(F)CC2)cc1.O=C([O-])c1[nH]nnc1Oc1ccc(C2CCC(F)(F)CC2)cc1.[Na+].[Na+]. The van der Waals surface area contributed by atoms with Gasteiger partial charge in [-0.2, -0.15) is 0 Å². The largest absolute Gasteiger partial charge is 1.00 e. The van der Waals surface area contributed by atoms with Gasteiger partial charge < -0.3 is 29.3 Å². The average molecular weight is 691 g/mol. The van der Waals surface area contributed by atoms with E-state index in [1.54, 1.807) is 48.5 Å². The van der Waals surface area contributed by atoms with Crippen molar-refractivity contribution in [2.75, 3.05) is 0 Å². The van der Waals surface area contributed by atoms with Crippen molar-refractivity contribution in [3.63, 3.8) is 0 Å². The van der Waals surface area contributed by atoms with E-state index in [1.807, 2.05) is 0 Å². The molecule has 0 saturated heterocycles. The van der Waals surface area contributed by atoms with E-state index in [2.05, 4.69) is 30.8 Å². The number of aromatic nitrogens is 6. The predicted molar refractivity (Wildman–Crippen MR) is 147 cm³/mol. The molecule has 2 saturated carbocycles. The number of carbonyl (C=O) groups excluding carboxylic acids is 2. The van der Waals surface area contributed by atoms with Gasteiger partial charge in [0.15, 0.2) is 0 Å². The van der Waals surface area contributed by atoms with E-state index in [4.69, 9.17) is 9.47 Å². The number of hydrogen-bond donors (Lipinski definition) is 2. The molecule has 2 aromatic carbocycles. The Kier molecular flexibility index (Phi) is 14.0. The van der Waals surface area contributed by atoms with E-state index in [9.17, 15) is 37.4 Å². The van der Waals surface area contributed by atoms with Crippen LogP contribution in [0.2, 0.25) is 0 Å². The molecule has 6 rings (SSSR count). The second-order valence-electron chi connectivity index (χ2n) is 11.2. The number of carboxylic acid groups (broad SMARTS) is 2. The summed E-state index contributed by atoms with van der Waals surface area (Å²) in [5.41, 5.74) is 1.24. The maximum atomic E-state index is 13.2. The monoisotopic (exact) mass is 690 g/mol. The van der Waals surface area contributed by atoms with Crippen molar-refractivity contribution in [2.24, 2.45) is 0 Å². The molecule has 0 spiro atoms. The molecule has 18 heteroatoms. The number of carbonyl (C=O) groups is 2. The summed E-state index contributed by atoms with van der Waals surface area (Å²) < 4.78 is 63.4. The van der Waals surface area contributed by atoms with E-state index in [1.165, 1.54) is 0 Å². The molecule has 48 heavy (non-hydrogen) atoms. The number of H-pyrrole nitrogens is 2. The maximum Gasteiger partial charge on any atom is 1.00 e. The minimum atomic E-state index is -2.55. The zero-order valence-electron chi connectivity index (χ0n) is 26.2. The molecule has 2 aromatic heterocycles. The molecule has 0 aliphatic heterocycles. The third-order valence-corrected chi connectivity index (χ3v) is 8.01.